The second kappa shape index (κ2) is 10.9. The molecule has 1 aromatic rings. The lowest BCUT2D eigenvalue weighted by atomic mass is 10.1. The summed E-state index contributed by atoms with van der Waals surface area (Å²) in [7, 11) is 0. The van der Waals surface area contributed by atoms with Gasteiger partial charge in [-0.1, -0.05) is 12.8 Å². The first-order valence-electron chi connectivity index (χ1n) is 9.79. The van der Waals surface area contributed by atoms with E-state index in [1.54, 1.807) is 12.1 Å². The molecule has 0 spiro atoms. The Balaban J connectivity index is 0.00000261. The molecule has 1 saturated carbocycles. The third-order valence-electron chi connectivity index (χ3n) is 5.25. The Morgan fingerprint density at radius 1 is 1.33 bits per heavy atom. The Hall–Kier alpha value is -1.29. The minimum Gasteiger partial charge on any atom is -0.454 e. The van der Waals surface area contributed by atoms with Crippen LogP contribution in [0, 0.1) is 5.92 Å². The number of rotatable bonds is 7. The van der Waals surface area contributed by atoms with Crippen molar-refractivity contribution in [1.82, 2.24) is 15.5 Å². The van der Waals surface area contributed by atoms with Crippen molar-refractivity contribution in [3.8, 4) is 0 Å². The van der Waals surface area contributed by atoms with E-state index in [9.17, 15) is 4.79 Å². The number of furan rings is 1. The fraction of sp³-hybridized carbons (Fsp3) is 0.684. The average Bonchev–Trinajstić information content (AvgIpc) is 3.35. The van der Waals surface area contributed by atoms with E-state index >= 15 is 0 Å². The van der Waals surface area contributed by atoms with Crippen molar-refractivity contribution < 1.29 is 9.21 Å². The van der Waals surface area contributed by atoms with E-state index in [0.717, 1.165) is 37.9 Å². The van der Waals surface area contributed by atoms with Gasteiger partial charge in [0.15, 0.2) is 11.7 Å². The van der Waals surface area contributed by atoms with Crippen molar-refractivity contribution >= 4 is 35.8 Å². The molecule has 1 atom stereocenters. The molecule has 1 unspecified atom stereocenters. The second-order valence-electron chi connectivity index (χ2n) is 7.37. The highest BCUT2D eigenvalue weighted by Crippen LogP contribution is 2.26. The molecule has 2 aliphatic rings. The maximum atomic E-state index is 11.1. The number of likely N-dealkylation sites (tertiary alicyclic amines) is 1. The number of carbonyl (C=O) groups excluding carboxylic acids is 1. The Bertz CT molecular complexity index is 627. The smallest absolute Gasteiger partial charge is 0.284 e. The molecule has 2 heterocycles. The predicted octanol–water partition coefficient (Wildman–Crippen LogP) is 2.32. The highest BCUT2D eigenvalue weighted by atomic mass is 127. The quantitative estimate of drug-likeness (QED) is 0.311. The van der Waals surface area contributed by atoms with Gasteiger partial charge in [-0.25, -0.2) is 4.99 Å². The summed E-state index contributed by atoms with van der Waals surface area (Å²) in [6.07, 6.45) is 6.75. The first-order valence-corrected chi connectivity index (χ1v) is 9.79. The van der Waals surface area contributed by atoms with Gasteiger partial charge >= 0.3 is 0 Å². The van der Waals surface area contributed by atoms with Crippen LogP contribution in [0.5, 0.6) is 0 Å². The van der Waals surface area contributed by atoms with Crippen LogP contribution < -0.4 is 16.4 Å². The molecule has 0 radical (unpaired) electrons. The Morgan fingerprint density at radius 2 is 2.11 bits per heavy atom. The van der Waals surface area contributed by atoms with E-state index in [0.29, 0.717) is 18.3 Å². The topological polar surface area (TPSA) is 95.9 Å². The SMILES string of the molecule is CCNC(=NCc1ccc(C(N)=O)o1)NC1CCN(CC2CCCC2)C1.I. The molecule has 0 bridgehead atoms. The van der Waals surface area contributed by atoms with E-state index in [2.05, 4.69) is 27.4 Å². The molecule has 8 heteroatoms. The predicted molar refractivity (Wildman–Crippen MR) is 117 cm³/mol. The zero-order valence-corrected chi connectivity index (χ0v) is 18.4. The molecule has 152 valence electrons. The van der Waals surface area contributed by atoms with Crippen LogP contribution in [-0.4, -0.2) is 49.0 Å². The van der Waals surface area contributed by atoms with Crippen LogP contribution >= 0.6 is 24.0 Å². The lowest BCUT2D eigenvalue weighted by molar-refractivity contribution is 0.0972. The standard InChI is InChI=1S/C19H31N5O2.HI/c1-2-21-19(22-11-16-7-8-17(26-16)18(20)25)23-15-9-10-24(13-15)12-14-5-3-4-6-14;/h7-8,14-15H,2-6,9-13H2,1H3,(H2,20,25)(H2,21,22,23);1H. The first-order chi connectivity index (χ1) is 12.6. The summed E-state index contributed by atoms with van der Waals surface area (Å²) >= 11 is 0. The molecule has 1 aliphatic carbocycles. The molecule has 1 amide bonds. The van der Waals surface area contributed by atoms with Crippen molar-refractivity contribution in [2.24, 2.45) is 16.6 Å². The van der Waals surface area contributed by atoms with Crippen molar-refractivity contribution in [2.45, 2.75) is 51.6 Å². The maximum Gasteiger partial charge on any atom is 0.284 e. The normalized spacial score (nSPS) is 21.2. The van der Waals surface area contributed by atoms with Crippen LogP contribution in [-0.2, 0) is 6.54 Å². The molecular weight excluding hydrogens is 457 g/mol. The highest BCUT2D eigenvalue weighted by molar-refractivity contribution is 14.0. The van der Waals surface area contributed by atoms with Gasteiger partial charge in [0.2, 0.25) is 0 Å². The third kappa shape index (κ3) is 6.67. The monoisotopic (exact) mass is 489 g/mol. The number of aliphatic imine (C=N–C) groups is 1. The van der Waals surface area contributed by atoms with Gasteiger partial charge in [0.05, 0.1) is 0 Å². The van der Waals surface area contributed by atoms with Gasteiger partial charge in [0.1, 0.15) is 12.3 Å². The van der Waals surface area contributed by atoms with Gasteiger partial charge in [-0.05, 0) is 44.2 Å². The lowest BCUT2D eigenvalue weighted by Crippen LogP contribution is -2.44. The van der Waals surface area contributed by atoms with Crippen LogP contribution in [0.25, 0.3) is 0 Å². The van der Waals surface area contributed by atoms with E-state index in [4.69, 9.17) is 10.2 Å². The molecule has 4 N–H and O–H groups in total. The van der Waals surface area contributed by atoms with Crippen LogP contribution in [0.1, 0.15) is 55.3 Å². The van der Waals surface area contributed by atoms with Crippen LogP contribution in [0.3, 0.4) is 0 Å². The van der Waals surface area contributed by atoms with Crippen LogP contribution in [0.4, 0.5) is 0 Å². The summed E-state index contributed by atoms with van der Waals surface area (Å²) in [5.41, 5.74) is 5.21. The van der Waals surface area contributed by atoms with E-state index in [-0.39, 0.29) is 29.7 Å². The number of nitrogens with one attached hydrogen (secondary N) is 2. The Labute approximate surface area is 178 Å². The first kappa shape index (κ1) is 22.0. The third-order valence-corrected chi connectivity index (χ3v) is 5.25. The minimum absolute atomic E-state index is 0. The van der Waals surface area contributed by atoms with Crippen molar-refractivity contribution in [1.29, 1.82) is 0 Å². The highest BCUT2D eigenvalue weighted by Gasteiger charge is 2.26. The molecule has 1 saturated heterocycles. The molecule has 2 fully saturated rings. The van der Waals surface area contributed by atoms with Gasteiger partial charge < -0.3 is 25.7 Å². The van der Waals surface area contributed by atoms with Crippen molar-refractivity contribution in [3.05, 3.63) is 23.7 Å². The van der Waals surface area contributed by atoms with Crippen molar-refractivity contribution in [2.75, 3.05) is 26.2 Å². The van der Waals surface area contributed by atoms with E-state index in [1.807, 2.05) is 0 Å². The van der Waals surface area contributed by atoms with Crippen LogP contribution in [0.2, 0.25) is 0 Å². The number of hydrogen-bond donors (Lipinski definition) is 3. The van der Waals surface area contributed by atoms with Gasteiger partial charge in [-0.2, -0.15) is 0 Å². The summed E-state index contributed by atoms with van der Waals surface area (Å²) < 4.78 is 5.39. The average molecular weight is 489 g/mol. The van der Waals surface area contributed by atoms with Gasteiger partial charge in [0.25, 0.3) is 5.91 Å². The van der Waals surface area contributed by atoms with Gasteiger partial charge in [-0.15, -0.1) is 24.0 Å². The number of nitrogens with zero attached hydrogens (tertiary/aromatic N) is 2. The second-order valence-corrected chi connectivity index (χ2v) is 7.37. The molecule has 1 aliphatic heterocycles. The minimum atomic E-state index is -0.557. The molecular formula is C19H32IN5O2. The summed E-state index contributed by atoms with van der Waals surface area (Å²) in [6.45, 7) is 6.71. The summed E-state index contributed by atoms with van der Waals surface area (Å²) in [5, 5.41) is 6.82. The zero-order chi connectivity index (χ0) is 18.4. The number of hydrogen-bond acceptors (Lipinski definition) is 4. The maximum absolute atomic E-state index is 11.1. The van der Waals surface area contributed by atoms with Crippen molar-refractivity contribution in [3.63, 3.8) is 0 Å². The Kier molecular flexibility index (Phi) is 8.88. The number of carbonyl (C=O) groups is 1. The lowest BCUT2D eigenvalue weighted by Gasteiger charge is -2.21. The fourth-order valence-corrected chi connectivity index (χ4v) is 3.94. The number of amides is 1. The molecule has 1 aromatic heterocycles. The van der Waals surface area contributed by atoms with Crippen LogP contribution in [0.15, 0.2) is 21.5 Å². The molecule has 27 heavy (non-hydrogen) atoms. The van der Waals surface area contributed by atoms with Gasteiger partial charge in [0, 0.05) is 32.2 Å². The largest absolute Gasteiger partial charge is 0.454 e. The molecule has 3 rings (SSSR count). The number of halogens is 1. The van der Waals surface area contributed by atoms with Gasteiger partial charge in [-0.3, -0.25) is 4.79 Å². The Morgan fingerprint density at radius 3 is 2.78 bits per heavy atom. The summed E-state index contributed by atoms with van der Waals surface area (Å²) in [4.78, 5) is 18.3. The molecule has 0 aromatic carbocycles. The number of primary amides is 1. The molecule has 7 nitrogen and oxygen atoms in total. The number of guanidine groups is 1. The fourth-order valence-electron chi connectivity index (χ4n) is 3.94. The van der Waals surface area contributed by atoms with E-state index in [1.165, 1.54) is 32.2 Å². The number of nitrogens with two attached hydrogens (primary N) is 1. The van der Waals surface area contributed by atoms with E-state index < -0.39 is 5.91 Å². The zero-order valence-electron chi connectivity index (χ0n) is 16.1. The summed E-state index contributed by atoms with van der Waals surface area (Å²) in [5.74, 6) is 1.93. The summed E-state index contributed by atoms with van der Waals surface area (Å²) in [6, 6.07) is 3.75.